The molecule has 1 aromatic rings. The van der Waals surface area contributed by atoms with Gasteiger partial charge in [-0.2, -0.15) is 0 Å². The number of sulfonamides is 1. The monoisotopic (exact) mass is 373 g/mol. The summed E-state index contributed by atoms with van der Waals surface area (Å²) in [6.07, 6.45) is 3.09. The summed E-state index contributed by atoms with van der Waals surface area (Å²) in [6.45, 7) is 2.17. The van der Waals surface area contributed by atoms with Crippen LogP contribution < -0.4 is 10.0 Å². The van der Waals surface area contributed by atoms with E-state index in [9.17, 15) is 13.2 Å². The third-order valence-corrected chi connectivity index (χ3v) is 5.97. The van der Waals surface area contributed by atoms with Gasteiger partial charge in [-0.15, -0.1) is 12.4 Å². The Balaban J connectivity index is 0.00000208. The number of hydrogen-bond donors (Lipinski definition) is 2. The SMILES string of the molecule is CN(C(=O)c1cccc(S(=O)(=O)NCC2CC2)c1)C1CCNC1.Cl. The van der Waals surface area contributed by atoms with Crippen molar-refractivity contribution in [1.29, 1.82) is 0 Å². The third kappa shape index (κ3) is 4.47. The fourth-order valence-corrected chi connectivity index (χ4v) is 3.93. The summed E-state index contributed by atoms with van der Waals surface area (Å²) in [5, 5.41) is 3.23. The van der Waals surface area contributed by atoms with Crippen LogP contribution in [0.2, 0.25) is 0 Å². The van der Waals surface area contributed by atoms with Gasteiger partial charge in [0.05, 0.1) is 4.90 Å². The fourth-order valence-electron chi connectivity index (χ4n) is 2.77. The second kappa shape index (κ2) is 7.82. The summed E-state index contributed by atoms with van der Waals surface area (Å²) in [6, 6.07) is 6.45. The maximum Gasteiger partial charge on any atom is 0.253 e. The van der Waals surface area contributed by atoms with Crippen molar-refractivity contribution in [3.8, 4) is 0 Å². The molecule has 3 rings (SSSR count). The minimum atomic E-state index is -3.55. The van der Waals surface area contributed by atoms with Crippen molar-refractivity contribution in [1.82, 2.24) is 14.9 Å². The molecule has 1 saturated heterocycles. The molecular weight excluding hydrogens is 350 g/mol. The van der Waals surface area contributed by atoms with Crippen LogP contribution in [0.3, 0.4) is 0 Å². The Labute approximate surface area is 149 Å². The molecule has 0 radical (unpaired) electrons. The van der Waals surface area contributed by atoms with Gasteiger partial charge in [0.25, 0.3) is 5.91 Å². The van der Waals surface area contributed by atoms with E-state index in [0.717, 1.165) is 32.4 Å². The van der Waals surface area contributed by atoms with Gasteiger partial charge in [-0.25, -0.2) is 13.1 Å². The van der Waals surface area contributed by atoms with Crippen LogP contribution in [0.15, 0.2) is 29.2 Å². The molecule has 1 aliphatic heterocycles. The molecule has 1 aliphatic carbocycles. The van der Waals surface area contributed by atoms with Gasteiger partial charge in [-0.1, -0.05) is 6.07 Å². The molecule has 1 unspecified atom stereocenters. The topological polar surface area (TPSA) is 78.5 Å². The smallest absolute Gasteiger partial charge is 0.253 e. The van der Waals surface area contributed by atoms with Crippen molar-refractivity contribution < 1.29 is 13.2 Å². The average Bonchev–Trinajstić information content (AvgIpc) is 3.23. The number of nitrogens with zero attached hydrogens (tertiary/aromatic N) is 1. The van der Waals surface area contributed by atoms with E-state index in [1.54, 1.807) is 24.1 Å². The first kappa shape index (κ1) is 19.2. The summed E-state index contributed by atoms with van der Waals surface area (Å²) in [5.74, 6) is 0.327. The number of halogens is 1. The van der Waals surface area contributed by atoms with Crippen molar-refractivity contribution in [2.45, 2.75) is 30.2 Å². The first-order valence-corrected chi connectivity index (χ1v) is 9.53. The summed E-state index contributed by atoms with van der Waals surface area (Å²) in [4.78, 5) is 14.4. The van der Waals surface area contributed by atoms with E-state index in [0.29, 0.717) is 18.0 Å². The van der Waals surface area contributed by atoms with Crippen LogP contribution >= 0.6 is 12.4 Å². The molecule has 0 bridgehead atoms. The first-order chi connectivity index (χ1) is 11.0. The molecule has 6 nitrogen and oxygen atoms in total. The molecule has 1 saturated carbocycles. The second-order valence-electron chi connectivity index (χ2n) is 6.39. The Morgan fingerprint density at radius 2 is 2.08 bits per heavy atom. The number of rotatable bonds is 6. The van der Waals surface area contributed by atoms with Gasteiger partial charge in [0, 0.05) is 31.7 Å². The van der Waals surface area contributed by atoms with E-state index >= 15 is 0 Å². The van der Waals surface area contributed by atoms with Crippen LogP contribution in [-0.4, -0.2) is 51.9 Å². The zero-order valence-electron chi connectivity index (χ0n) is 13.7. The van der Waals surface area contributed by atoms with Gasteiger partial charge in [0.2, 0.25) is 10.0 Å². The highest BCUT2D eigenvalue weighted by atomic mass is 35.5. The van der Waals surface area contributed by atoms with Crippen LogP contribution in [0.5, 0.6) is 0 Å². The number of likely N-dealkylation sites (N-methyl/N-ethyl adjacent to an activating group) is 1. The summed E-state index contributed by atoms with van der Waals surface area (Å²) in [7, 11) is -1.78. The Hall–Kier alpha value is -1.15. The summed E-state index contributed by atoms with van der Waals surface area (Å²) >= 11 is 0. The molecule has 0 spiro atoms. The minimum Gasteiger partial charge on any atom is -0.337 e. The van der Waals surface area contributed by atoms with E-state index in [1.165, 1.54) is 12.1 Å². The van der Waals surface area contributed by atoms with Crippen LogP contribution in [0.25, 0.3) is 0 Å². The average molecular weight is 374 g/mol. The zero-order valence-corrected chi connectivity index (χ0v) is 15.3. The third-order valence-electron chi connectivity index (χ3n) is 4.55. The van der Waals surface area contributed by atoms with E-state index in [1.807, 2.05) is 0 Å². The molecule has 1 atom stereocenters. The van der Waals surface area contributed by atoms with Crippen molar-refractivity contribution in [3.05, 3.63) is 29.8 Å². The fraction of sp³-hybridized carbons (Fsp3) is 0.562. The standard InChI is InChI=1S/C16H23N3O3S.ClH/c1-19(14-7-8-17-11-14)16(20)13-3-2-4-15(9-13)23(21,22)18-10-12-5-6-12;/h2-4,9,12,14,17-18H,5-8,10-11H2,1H3;1H. The quantitative estimate of drug-likeness (QED) is 0.786. The molecule has 2 fully saturated rings. The molecular formula is C16H24ClN3O3S. The number of hydrogen-bond acceptors (Lipinski definition) is 4. The summed E-state index contributed by atoms with van der Waals surface area (Å²) < 4.78 is 27.3. The van der Waals surface area contributed by atoms with Gasteiger partial charge < -0.3 is 10.2 Å². The van der Waals surface area contributed by atoms with Gasteiger partial charge in [-0.05, 0) is 49.9 Å². The van der Waals surface area contributed by atoms with Crippen molar-refractivity contribution in [3.63, 3.8) is 0 Å². The van der Waals surface area contributed by atoms with Crippen molar-refractivity contribution in [2.75, 3.05) is 26.7 Å². The molecule has 0 aromatic heterocycles. The molecule has 2 aliphatic rings. The van der Waals surface area contributed by atoms with Crippen LogP contribution in [0.1, 0.15) is 29.6 Å². The highest BCUT2D eigenvalue weighted by Gasteiger charge is 2.26. The first-order valence-electron chi connectivity index (χ1n) is 8.05. The van der Waals surface area contributed by atoms with Crippen molar-refractivity contribution in [2.24, 2.45) is 5.92 Å². The predicted octanol–water partition coefficient (Wildman–Crippen LogP) is 1.23. The van der Waals surface area contributed by atoms with Crippen molar-refractivity contribution >= 4 is 28.3 Å². The Morgan fingerprint density at radius 3 is 2.71 bits per heavy atom. The molecule has 1 amide bonds. The highest BCUT2D eigenvalue weighted by molar-refractivity contribution is 7.89. The maximum atomic E-state index is 12.6. The number of carbonyl (C=O) groups excluding carboxylic acids is 1. The second-order valence-corrected chi connectivity index (χ2v) is 8.15. The van der Waals surface area contributed by atoms with E-state index < -0.39 is 10.0 Å². The van der Waals surface area contributed by atoms with Gasteiger partial charge in [-0.3, -0.25) is 4.79 Å². The number of benzene rings is 1. The molecule has 1 aromatic carbocycles. The summed E-state index contributed by atoms with van der Waals surface area (Å²) in [5.41, 5.74) is 0.411. The number of amides is 1. The lowest BCUT2D eigenvalue weighted by atomic mass is 10.1. The Morgan fingerprint density at radius 1 is 1.33 bits per heavy atom. The highest BCUT2D eigenvalue weighted by Crippen LogP contribution is 2.28. The van der Waals surface area contributed by atoms with E-state index in [2.05, 4.69) is 10.0 Å². The minimum absolute atomic E-state index is 0. The lowest BCUT2D eigenvalue weighted by Crippen LogP contribution is -2.38. The van der Waals surface area contributed by atoms with Crippen LogP contribution in [0, 0.1) is 5.92 Å². The van der Waals surface area contributed by atoms with Gasteiger partial charge >= 0.3 is 0 Å². The molecule has 1 heterocycles. The van der Waals surface area contributed by atoms with Gasteiger partial charge in [0.15, 0.2) is 0 Å². The largest absolute Gasteiger partial charge is 0.337 e. The normalized spacial score (nSPS) is 20.5. The van der Waals surface area contributed by atoms with E-state index in [-0.39, 0.29) is 29.3 Å². The number of nitrogens with one attached hydrogen (secondary N) is 2. The zero-order chi connectivity index (χ0) is 16.4. The predicted molar refractivity (Wildman–Crippen MR) is 95.0 cm³/mol. The Bertz CT molecular complexity index is 686. The van der Waals surface area contributed by atoms with Gasteiger partial charge in [0.1, 0.15) is 0 Å². The molecule has 134 valence electrons. The molecule has 24 heavy (non-hydrogen) atoms. The Kier molecular flexibility index (Phi) is 6.25. The van der Waals surface area contributed by atoms with E-state index in [4.69, 9.17) is 0 Å². The lowest BCUT2D eigenvalue weighted by molar-refractivity contribution is 0.0743. The number of carbonyl (C=O) groups is 1. The van der Waals surface area contributed by atoms with Crippen LogP contribution in [-0.2, 0) is 10.0 Å². The molecule has 8 heteroatoms. The lowest BCUT2D eigenvalue weighted by Gasteiger charge is -2.24. The maximum absolute atomic E-state index is 12.6. The van der Waals surface area contributed by atoms with Crippen LogP contribution in [0.4, 0.5) is 0 Å². The molecule has 2 N–H and O–H groups in total.